The molecule has 1 fully saturated rings. The molecule has 0 spiro atoms. The van der Waals surface area contributed by atoms with Crippen LogP contribution in [0.3, 0.4) is 0 Å². The van der Waals surface area contributed by atoms with Crippen LogP contribution in [-0.2, 0) is 25.6 Å². The summed E-state index contributed by atoms with van der Waals surface area (Å²) in [4.78, 5) is 22.8. The van der Waals surface area contributed by atoms with Crippen LogP contribution < -0.4 is 5.56 Å². The van der Waals surface area contributed by atoms with Crippen molar-refractivity contribution in [2.75, 3.05) is 13.2 Å². The lowest BCUT2D eigenvalue weighted by Crippen LogP contribution is -2.16. The Morgan fingerprint density at radius 3 is 2.28 bits per heavy atom. The lowest BCUT2D eigenvalue weighted by atomic mass is 10.0. The van der Waals surface area contributed by atoms with Crippen LogP contribution in [0.15, 0.2) is 17.4 Å². The molecule has 1 unspecified atom stereocenters. The molecule has 2 aromatic heterocycles. The van der Waals surface area contributed by atoms with Crippen molar-refractivity contribution in [2.45, 2.75) is 122 Å². The minimum atomic E-state index is -1.30. The maximum Gasteiger partial charge on any atom is 0.521 e. The van der Waals surface area contributed by atoms with E-state index in [-0.39, 0.29) is 17.9 Å². The molecule has 1 aliphatic heterocycles. The lowest BCUT2D eigenvalue weighted by molar-refractivity contribution is -0.0155. The molecule has 202 valence electrons. The molecule has 0 saturated carbocycles. The Bertz CT molecular complexity index is 953. The highest BCUT2D eigenvalue weighted by Gasteiger charge is 2.30. The number of ether oxygens (including phenoxy) is 1. The molecule has 0 radical (unpaired) electrons. The van der Waals surface area contributed by atoms with Gasteiger partial charge < -0.3 is 9.72 Å². The molecule has 36 heavy (non-hydrogen) atoms. The molecule has 1 aliphatic rings. The number of hydrogen-bond acceptors (Lipinski definition) is 7. The number of unbranched alkanes of at least 4 members (excludes halogenated alkanes) is 13. The summed E-state index contributed by atoms with van der Waals surface area (Å²) < 4.78 is 19.4. The predicted octanol–water partition coefficient (Wildman–Crippen LogP) is 7.09. The zero-order valence-electron chi connectivity index (χ0n) is 21.9. The lowest BCUT2D eigenvalue weighted by Gasteiger charge is -2.13. The maximum absolute atomic E-state index is 11.8. The maximum atomic E-state index is 11.8. The fraction of sp³-hybridized carbons (Fsp3) is 0.808. The Hall–Kier alpha value is -1.25. The normalized spacial score (nSPS) is 18.3. The fourth-order valence-electron chi connectivity index (χ4n) is 4.70. The predicted molar refractivity (Wildman–Crippen MR) is 148 cm³/mol. The summed E-state index contributed by atoms with van der Waals surface area (Å²) >= 11 is 5.36. The Balaban J connectivity index is 1.14. The molecule has 0 aliphatic carbocycles. The van der Waals surface area contributed by atoms with Crippen molar-refractivity contribution in [1.29, 1.82) is 0 Å². The smallest absolute Gasteiger partial charge is 0.352 e. The summed E-state index contributed by atoms with van der Waals surface area (Å²) in [7, 11) is -1.30. The molecule has 0 aromatic carbocycles. The SMILES string of the molecule is CCCCCCCCCCCCCCCCO[P+](=S)OC[C@@H]1CC[C@H](n2cnc3c(=O)[nH]cnc32)O1. The number of fused-ring (bicyclic) bond motifs is 1. The van der Waals surface area contributed by atoms with E-state index in [0.717, 1.165) is 19.3 Å². The van der Waals surface area contributed by atoms with E-state index in [9.17, 15) is 4.79 Å². The Kier molecular flexibility index (Phi) is 14.1. The molecule has 0 bridgehead atoms. The first kappa shape index (κ1) is 29.3. The summed E-state index contributed by atoms with van der Waals surface area (Å²) in [6.07, 6.45) is 23.2. The number of rotatable bonds is 20. The van der Waals surface area contributed by atoms with Gasteiger partial charge in [-0.3, -0.25) is 9.36 Å². The molecule has 8 nitrogen and oxygen atoms in total. The molecule has 10 heteroatoms. The van der Waals surface area contributed by atoms with E-state index in [2.05, 4.69) is 21.9 Å². The van der Waals surface area contributed by atoms with Gasteiger partial charge in [0.25, 0.3) is 5.56 Å². The standard InChI is InChI=1S/C26H43N4O4PS/c1-2-3-4-5-6-7-8-9-10-11-12-13-14-15-18-32-35(36)33-19-22-16-17-23(34-22)30-21-29-24-25(30)27-20-28-26(24)31/h20-23H,2-19H2,1H3/p+1/t22-,23+/m0/s1. The quantitative estimate of drug-likeness (QED) is 0.142. The third-order valence-electron chi connectivity index (χ3n) is 6.82. The number of H-pyrrole nitrogens is 1. The van der Waals surface area contributed by atoms with Gasteiger partial charge >= 0.3 is 7.15 Å². The fourth-order valence-corrected chi connectivity index (χ4v) is 5.75. The zero-order valence-corrected chi connectivity index (χ0v) is 23.6. The highest BCUT2D eigenvalue weighted by molar-refractivity contribution is 8.00. The number of imidazole rings is 1. The van der Waals surface area contributed by atoms with E-state index < -0.39 is 7.15 Å². The molecule has 1 saturated heterocycles. The molecule has 3 heterocycles. The van der Waals surface area contributed by atoms with Gasteiger partial charge in [-0.05, 0) is 19.3 Å². The third kappa shape index (κ3) is 10.3. The Morgan fingerprint density at radius 1 is 0.972 bits per heavy atom. The van der Waals surface area contributed by atoms with Gasteiger partial charge in [-0.1, -0.05) is 90.4 Å². The summed E-state index contributed by atoms with van der Waals surface area (Å²) in [5.74, 6) is 0. The second-order valence-corrected chi connectivity index (χ2v) is 11.7. The van der Waals surface area contributed by atoms with E-state index in [4.69, 9.17) is 25.6 Å². The molecule has 3 rings (SSSR count). The number of nitrogens with zero attached hydrogens (tertiary/aromatic N) is 3. The van der Waals surface area contributed by atoms with Crippen LogP contribution in [0.5, 0.6) is 0 Å². The monoisotopic (exact) mass is 539 g/mol. The minimum absolute atomic E-state index is 0.0490. The zero-order chi connectivity index (χ0) is 25.4. The molecule has 1 N–H and O–H groups in total. The number of aromatic amines is 1. The summed E-state index contributed by atoms with van der Waals surface area (Å²) in [6.45, 7) is 3.37. The van der Waals surface area contributed by atoms with Crippen molar-refractivity contribution < 1.29 is 13.8 Å². The van der Waals surface area contributed by atoms with Gasteiger partial charge in [-0.25, -0.2) is 9.97 Å². The first-order valence-electron chi connectivity index (χ1n) is 14.0. The second kappa shape index (κ2) is 17.3. The van der Waals surface area contributed by atoms with Crippen molar-refractivity contribution in [3.8, 4) is 0 Å². The second-order valence-electron chi connectivity index (χ2n) is 9.79. The first-order chi connectivity index (χ1) is 17.7. The van der Waals surface area contributed by atoms with Crippen molar-refractivity contribution in [3.05, 3.63) is 23.0 Å². The van der Waals surface area contributed by atoms with Crippen LogP contribution in [0.25, 0.3) is 11.2 Å². The number of aromatic nitrogens is 4. The summed E-state index contributed by atoms with van der Waals surface area (Å²) in [6, 6.07) is 0. The topological polar surface area (TPSA) is 91.3 Å². The van der Waals surface area contributed by atoms with Gasteiger partial charge in [-0.15, -0.1) is 9.05 Å². The van der Waals surface area contributed by atoms with Crippen LogP contribution in [0.2, 0.25) is 0 Å². The van der Waals surface area contributed by atoms with E-state index in [0.29, 0.717) is 24.4 Å². The highest BCUT2D eigenvalue weighted by Crippen LogP contribution is 2.33. The van der Waals surface area contributed by atoms with Crippen LogP contribution in [-0.4, -0.2) is 38.8 Å². The average molecular weight is 540 g/mol. The molecule has 0 amide bonds. The number of hydrogen-bond donors (Lipinski definition) is 1. The highest BCUT2D eigenvalue weighted by atomic mass is 32.4. The van der Waals surface area contributed by atoms with Gasteiger partial charge in [0.15, 0.2) is 11.2 Å². The van der Waals surface area contributed by atoms with Crippen LogP contribution in [0.1, 0.15) is 116 Å². The molecular formula is C26H44N4O4PS+. The van der Waals surface area contributed by atoms with Gasteiger partial charge in [0.1, 0.15) is 19.4 Å². The summed E-state index contributed by atoms with van der Waals surface area (Å²) in [5, 5.41) is 0. The first-order valence-corrected chi connectivity index (χ1v) is 16.2. The molecule has 2 aromatic rings. The Labute approximate surface area is 221 Å². The van der Waals surface area contributed by atoms with Crippen LogP contribution in [0.4, 0.5) is 0 Å². The van der Waals surface area contributed by atoms with Crippen molar-refractivity contribution in [3.63, 3.8) is 0 Å². The van der Waals surface area contributed by atoms with Gasteiger partial charge in [0.2, 0.25) is 11.8 Å². The van der Waals surface area contributed by atoms with Crippen molar-refractivity contribution >= 4 is 30.1 Å². The van der Waals surface area contributed by atoms with Crippen LogP contribution in [0, 0.1) is 0 Å². The van der Waals surface area contributed by atoms with Crippen molar-refractivity contribution in [1.82, 2.24) is 19.5 Å². The van der Waals surface area contributed by atoms with E-state index in [1.807, 2.05) is 4.57 Å². The Morgan fingerprint density at radius 2 is 1.61 bits per heavy atom. The van der Waals surface area contributed by atoms with Gasteiger partial charge in [0.05, 0.1) is 18.8 Å². The van der Waals surface area contributed by atoms with E-state index >= 15 is 0 Å². The van der Waals surface area contributed by atoms with E-state index in [1.165, 1.54) is 89.8 Å². The molecule has 3 atom stereocenters. The number of nitrogens with one attached hydrogen (secondary N) is 1. The molecular weight excluding hydrogens is 495 g/mol. The van der Waals surface area contributed by atoms with Crippen molar-refractivity contribution in [2.24, 2.45) is 0 Å². The largest absolute Gasteiger partial charge is 0.521 e. The third-order valence-corrected chi connectivity index (χ3v) is 8.21. The van der Waals surface area contributed by atoms with Gasteiger partial charge in [0, 0.05) is 0 Å². The average Bonchev–Trinajstić information content (AvgIpc) is 3.53. The minimum Gasteiger partial charge on any atom is -0.352 e. The van der Waals surface area contributed by atoms with Crippen LogP contribution >= 0.6 is 7.15 Å². The van der Waals surface area contributed by atoms with Gasteiger partial charge in [-0.2, -0.15) is 0 Å². The summed E-state index contributed by atoms with van der Waals surface area (Å²) in [5.41, 5.74) is 0.614. The van der Waals surface area contributed by atoms with E-state index in [1.54, 1.807) is 6.33 Å².